The van der Waals surface area contributed by atoms with E-state index in [1.54, 1.807) is 0 Å². The lowest BCUT2D eigenvalue weighted by Gasteiger charge is -2.11. The van der Waals surface area contributed by atoms with Gasteiger partial charge in [0, 0.05) is 56.9 Å². The minimum absolute atomic E-state index is 0.807. The van der Waals surface area contributed by atoms with E-state index >= 15 is 0 Å². The number of aromatic nitrogens is 4. The Balaban J connectivity index is 1.27. The van der Waals surface area contributed by atoms with E-state index < -0.39 is 0 Å². The Bertz CT molecular complexity index is 2440. The summed E-state index contributed by atoms with van der Waals surface area (Å²) in [6.45, 7) is 0.822. The highest BCUT2D eigenvalue weighted by atomic mass is 15.1. The van der Waals surface area contributed by atoms with Crippen LogP contribution in [0.5, 0.6) is 0 Å². The average Bonchev–Trinajstić information content (AvgIpc) is 3.72. The SMILES string of the molecule is c1ccc(-n2c(CCn3c4ccccc4c4c5c6ccccc6n(-c6ccccc6)c5ccc43)nc3ccccc32)cc1. The zero-order valence-corrected chi connectivity index (χ0v) is 23.6. The summed E-state index contributed by atoms with van der Waals surface area (Å²) < 4.78 is 7.21. The summed E-state index contributed by atoms with van der Waals surface area (Å²) in [5, 5.41) is 5.19. The number of imidazole rings is 1. The van der Waals surface area contributed by atoms with Crippen molar-refractivity contribution in [1.29, 1.82) is 0 Å². The molecule has 0 fully saturated rings. The molecule has 0 saturated carbocycles. The van der Waals surface area contributed by atoms with Crippen LogP contribution in [0.15, 0.2) is 146 Å². The van der Waals surface area contributed by atoms with Crippen LogP contribution in [-0.4, -0.2) is 18.7 Å². The van der Waals surface area contributed by atoms with Crippen molar-refractivity contribution in [1.82, 2.24) is 18.7 Å². The quantitative estimate of drug-likeness (QED) is 0.209. The first-order valence-electron chi connectivity index (χ1n) is 14.9. The van der Waals surface area contributed by atoms with Gasteiger partial charge in [0.1, 0.15) is 5.82 Å². The molecule has 0 atom stereocenters. The lowest BCUT2D eigenvalue weighted by Crippen LogP contribution is -2.07. The van der Waals surface area contributed by atoms with Gasteiger partial charge < -0.3 is 9.13 Å². The first-order valence-corrected chi connectivity index (χ1v) is 14.9. The van der Waals surface area contributed by atoms with E-state index in [9.17, 15) is 0 Å². The van der Waals surface area contributed by atoms with Gasteiger partial charge in [-0.2, -0.15) is 0 Å². The van der Waals surface area contributed by atoms with Crippen molar-refractivity contribution in [2.75, 3.05) is 0 Å². The van der Waals surface area contributed by atoms with Crippen LogP contribution in [0.4, 0.5) is 0 Å². The van der Waals surface area contributed by atoms with Crippen LogP contribution in [0, 0.1) is 0 Å². The van der Waals surface area contributed by atoms with Crippen molar-refractivity contribution >= 4 is 54.6 Å². The number of hydrogen-bond donors (Lipinski definition) is 0. The van der Waals surface area contributed by atoms with Crippen molar-refractivity contribution in [3.63, 3.8) is 0 Å². The molecule has 9 rings (SSSR count). The molecule has 9 aromatic rings. The number of rotatable bonds is 5. The fourth-order valence-electron chi connectivity index (χ4n) is 7.01. The van der Waals surface area contributed by atoms with Crippen LogP contribution >= 0.6 is 0 Å². The molecule has 3 aromatic heterocycles. The topological polar surface area (TPSA) is 27.7 Å². The Kier molecular flexibility index (Phi) is 5.29. The Morgan fingerprint density at radius 2 is 0.953 bits per heavy atom. The largest absolute Gasteiger partial charge is 0.340 e. The average molecular weight is 553 g/mol. The monoisotopic (exact) mass is 552 g/mol. The maximum Gasteiger partial charge on any atom is 0.116 e. The van der Waals surface area contributed by atoms with Gasteiger partial charge in [0.25, 0.3) is 0 Å². The molecular formula is C39H28N4. The van der Waals surface area contributed by atoms with Gasteiger partial charge in [-0.05, 0) is 60.7 Å². The molecule has 0 aliphatic carbocycles. The zero-order valence-electron chi connectivity index (χ0n) is 23.6. The number of hydrogen-bond acceptors (Lipinski definition) is 1. The van der Waals surface area contributed by atoms with Gasteiger partial charge in [0.15, 0.2) is 0 Å². The second-order valence-corrected chi connectivity index (χ2v) is 11.1. The molecule has 0 N–H and O–H groups in total. The van der Waals surface area contributed by atoms with Gasteiger partial charge in [0.2, 0.25) is 0 Å². The van der Waals surface area contributed by atoms with Crippen LogP contribution in [-0.2, 0) is 13.0 Å². The van der Waals surface area contributed by atoms with E-state index in [-0.39, 0.29) is 0 Å². The number of aryl methyl sites for hydroxylation is 2. The molecule has 6 aromatic carbocycles. The minimum atomic E-state index is 0.807. The van der Waals surface area contributed by atoms with Crippen molar-refractivity contribution in [2.45, 2.75) is 13.0 Å². The predicted molar refractivity (Wildman–Crippen MR) is 179 cm³/mol. The molecule has 0 amide bonds. The van der Waals surface area contributed by atoms with E-state index in [1.807, 2.05) is 0 Å². The highest BCUT2D eigenvalue weighted by Crippen LogP contribution is 2.41. The summed E-state index contributed by atoms with van der Waals surface area (Å²) in [5.41, 5.74) is 9.45. The third-order valence-electron chi connectivity index (χ3n) is 8.79. The molecule has 43 heavy (non-hydrogen) atoms. The highest BCUT2D eigenvalue weighted by Gasteiger charge is 2.20. The van der Waals surface area contributed by atoms with E-state index in [0.717, 1.165) is 35.5 Å². The number of nitrogens with zero attached hydrogens (tertiary/aromatic N) is 4. The lowest BCUT2D eigenvalue weighted by molar-refractivity contribution is 0.705. The fraction of sp³-hybridized carbons (Fsp3) is 0.0513. The Hall–Kier alpha value is -5.61. The second kappa shape index (κ2) is 9.47. The second-order valence-electron chi connectivity index (χ2n) is 11.1. The standard InChI is InChI=1S/C39H28N4/c1-3-13-27(14-4-1)42-33-21-11-8-18-30(33)39-36(42)24-23-35-38(39)29-17-7-10-20-32(29)41(35)26-25-37-40-31-19-9-12-22-34(31)43(37)28-15-5-2-6-16-28/h1-24H,25-26H2. The van der Waals surface area contributed by atoms with Gasteiger partial charge in [-0.3, -0.25) is 4.57 Å². The smallest absolute Gasteiger partial charge is 0.116 e. The molecule has 0 bridgehead atoms. The first kappa shape index (κ1) is 24.0. The van der Waals surface area contributed by atoms with Crippen LogP contribution in [0.1, 0.15) is 5.82 Å². The van der Waals surface area contributed by atoms with Crippen LogP contribution < -0.4 is 0 Å². The summed E-state index contributed by atoms with van der Waals surface area (Å²) in [5.74, 6) is 1.07. The Labute approximate surface area is 248 Å². The number of fused-ring (bicyclic) bond motifs is 8. The maximum atomic E-state index is 5.12. The number of benzene rings is 6. The van der Waals surface area contributed by atoms with Gasteiger partial charge >= 0.3 is 0 Å². The molecule has 0 aliphatic heterocycles. The third-order valence-corrected chi connectivity index (χ3v) is 8.79. The first-order chi connectivity index (χ1) is 21.4. The minimum Gasteiger partial charge on any atom is -0.340 e. The van der Waals surface area contributed by atoms with E-state index in [2.05, 4.69) is 159 Å². The molecule has 0 unspecified atom stereocenters. The van der Waals surface area contributed by atoms with Crippen LogP contribution in [0.25, 0.3) is 66.0 Å². The molecule has 4 heteroatoms. The molecule has 0 spiro atoms. The van der Waals surface area contributed by atoms with Gasteiger partial charge in [0.05, 0.1) is 22.1 Å². The maximum absolute atomic E-state index is 5.12. The molecule has 0 aliphatic rings. The molecule has 0 saturated heterocycles. The van der Waals surface area contributed by atoms with Crippen molar-refractivity contribution in [2.24, 2.45) is 0 Å². The van der Waals surface area contributed by atoms with E-state index in [0.29, 0.717) is 0 Å². The third kappa shape index (κ3) is 3.60. The van der Waals surface area contributed by atoms with Crippen molar-refractivity contribution < 1.29 is 0 Å². The zero-order chi connectivity index (χ0) is 28.3. The van der Waals surface area contributed by atoms with Crippen molar-refractivity contribution in [3.8, 4) is 11.4 Å². The molecular weight excluding hydrogens is 524 g/mol. The van der Waals surface area contributed by atoms with E-state index in [4.69, 9.17) is 4.98 Å². The molecule has 204 valence electrons. The van der Waals surface area contributed by atoms with Crippen molar-refractivity contribution in [3.05, 3.63) is 151 Å². The normalized spacial score (nSPS) is 11.9. The molecule has 4 nitrogen and oxygen atoms in total. The Morgan fingerprint density at radius 1 is 0.419 bits per heavy atom. The van der Waals surface area contributed by atoms with Gasteiger partial charge in [-0.1, -0.05) is 84.9 Å². The van der Waals surface area contributed by atoms with Crippen LogP contribution in [0.2, 0.25) is 0 Å². The summed E-state index contributed by atoms with van der Waals surface area (Å²) >= 11 is 0. The van der Waals surface area contributed by atoms with Crippen LogP contribution in [0.3, 0.4) is 0 Å². The summed E-state index contributed by atoms with van der Waals surface area (Å²) in [7, 11) is 0. The molecule has 3 heterocycles. The number of para-hydroxylation sites is 6. The van der Waals surface area contributed by atoms with Gasteiger partial charge in [-0.15, -0.1) is 0 Å². The lowest BCUT2D eigenvalue weighted by atomic mass is 10.1. The molecule has 0 radical (unpaired) electrons. The summed E-state index contributed by atoms with van der Waals surface area (Å²) in [6, 6.07) is 52.0. The fourth-order valence-corrected chi connectivity index (χ4v) is 7.01. The summed E-state index contributed by atoms with van der Waals surface area (Å²) in [4.78, 5) is 5.12. The Morgan fingerprint density at radius 3 is 1.70 bits per heavy atom. The van der Waals surface area contributed by atoms with E-state index in [1.165, 1.54) is 49.3 Å². The van der Waals surface area contributed by atoms with Gasteiger partial charge in [-0.25, -0.2) is 4.98 Å². The predicted octanol–water partition coefficient (Wildman–Crippen LogP) is 9.47. The highest BCUT2D eigenvalue weighted by molar-refractivity contribution is 6.28. The summed E-state index contributed by atoms with van der Waals surface area (Å²) in [6.07, 6.45) is 0.807.